The highest BCUT2D eigenvalue weighted by Gasteiger charge is 2.59. The molecule has 6 nitrogen and oxygen atoms in total. The molecule has 1 aromatic carbocycles. The van der Waals surface area contributed by atoms with Crippen LogP contribution in [0.25, 0.3) is 11.0 Å². The molecule has 7 rings (SSSR count). The molecule has 4 aliphatic rings. The Labute approximate surface area is 177 Å². The van der Waals surface area contributed by atoms with Gasteiger partial charge in [-0.25, -0.2) is 13.8 Å². The van der Waals surface area contributed by atoms with Gasteiger partial charge in [0, 0.05) is 37.4 Å². The number of nitrogens with zero attached hydrogens (tertiary/aromatic N) is 5. The number of amides is 1. The Morgan fingerprint density at radius 2 is 1.94 bits per heavy atom. The minimum Gasteiger partial charge on any atom is -0.273 e. The van der Waals surface area contributed by atoms with Crippen LogP contribution >= 0.6 is 0 Å². The van der Waals surface area contributed by atoms with Crippen molar-refractivity contribution in [3.05, 3.63) is 59.9 Å². The van der Waals surface area contributed by atoms with Crippen LogP contribution in [0, 0.1) is 28.9 Å². The number of fused-ring (bicyclic) bond motifs is 2. The molecule has 31 heavy (non-hydrogen) atoms. The Hall–Kier alpha value is -3.16. The van der Waals surface area contributed by atoms with Crippen LogP contribution in [0.1, 0.15) is 37.3 Å². The molecule has 3 aromatic rings. The minimum absolute atomic E-state index is 0.0416. The maximum Gasteiger partial charge on any atom is 0.246 e. The molecular formula is C23H21F2N5O. The van der Waals surface area contributed by atoms with Gasteiger partial charge in [0.15, 0.2) is 0 Å². The summed E-state index contributed by atoms with van der Waals surface area (Å²) >= 11 is 0. The monoisotopic (exact) mass is 421 g/mol. The summed E-state index contributed by atoms with van der Waals surface area (Å²) in [4.78, 5) is 17.7. The Morgan fingerprint density at radius 1 is 1.13 bits per heavy atom. The van der Waals surface area contributed by atoms with E-state index in [1.807, 2.05) is 23.0 Å². The first-order chi connectivity index (χ1) is 15.0. The van der Waals surface area contributed by atoms with E-state index in [1.165, 1.54) is 17.1 Å². The van der Waals surface area contributed by atoms with E-state index in [0.717, 1.165) is 42.9 Å². The van der Waals surface area contributed by atoms with Crippen LogP contribution in [0.3, 0.4) is 0 Å². The van der Waals surface area contributed by atoms with E-state index in [4.69, 9.17) is 0 Å². The van der Waals surface area contributed by atoms with Crippen molar-refractivity contribution in [1.29, 1.82) is 0 Å². The normalized spacial score (nSPS) is 29.0. The summed E-state index contributed by atoms with van der Waals surface area (Å²) in [6, 6.07) is 6.79. The van der Waals surface area contributed by atoms with Gasteiger partial charge < -0.3 is 0 Å². The third-order valence-corrected chi connectivity index (χ3v) is 7.08. The molecule has 0 radical (unpaired) electrons. The van der Waals surface area contributed by atoms with Crippen LogP contribution in [-0.4, -0.2) is 31.9 Å². The summed E-state index contributed by atoms with van der Waals surface area (Å²) in [6.07, 6.45) is 8.61. The number of hydrazone groups is 1. The second-order valence-electron chi connectivity index (χ2n) is 9.15. The molecule has 3 saturated carbocycles. The maximum absolute atomic E-state index is 13.7. The SMILES string of the molecule is O=C(C1CC2(Cn3cc4ncccc4n3)CC1C2)N1N=CCC1c1cc(F)cc(F)c1. The highest BCUT2D eigenvalue weighted by Crippen LogP contribution is 2.63. The van der Waals surface area contributed by atoms with E-state index in [1.54, 1.807) is 12.4 Å². The number of rotatable bonds is 4. The average molecular weight is 421 g/mol. The molecule has 0 N–H and O–H groups in total. The zero-order chi connectivity index (χ0) is 21.2. The number of hydrogen-bond acceptors (Lipinski definition) is 4. The van der Waals surface area contributed by atoms with E-state index in [9.17, 15) is 13.6 Å². The quantitative estimate of drug-likeness (QED) is 0.638. The predicted octanol–water partition coefficient (Wildman–Crippen LogP) is 4.09. The molecule has 1 amide bonds. The molecule has 8 heteroatoms. The van der Waals surface area contributed by atoms with Crippen molar-refractivity contribution in [3.8, 4) is 0 Å². The van der Waals surface area contributed by atoms with Crippen LogP contribution in [0.5, 0.6) is 0 Å². The second kappa shape index (κ2) is 6.67. The molecule has 3 heterocycles. The lowest BCUT2D eigenvalue weighted by atomic mass is 9.69. The van der Waals surface area contributed by atoms with Crippen molar-refractivity contribution in [2.24, 2.45) is 22.4 Å². The standard InChI is InChI=1S/C23H21F2N5O/c24-16-6-14(7-17(25)8-16)21-3-5-27-30(21)22(31)18-11-23(9-15(18)10-23)13-29-12-20-19(28-29)2-1-4-26-20/h1-2,4-8,12,15,18,21H,3,9-11,13H2. The van der Waals surface area contributed by atoms with Gasteiger partial charge >= 0.3 is 0 Å². The molecule has 2 aromatic heterocycles. The van der Waals surface area contributed by atoms with E-state index < -0.39 is 17.7 Å². The van der Waals surface area contributed by atoms with Crippen molar-refractivity contribution >= 4 is 23.2 Å². The zero-order valence-corrected chi connectivity index (χ0v) is 16.8. The number of hydrogen-bond donors (Lipinski definition) is 0. The fraction of sp³-hybridized carbons (Fsp3) is 0.391. The second-order valence-corrected chi connectivity index (χ2v) is 9.15. The van der Waals surface area contributed by atoms with Gasteiger partial charge in [-0.15, -0.1) is 0 Å². The maximum atomic E-state index is 13.7. The highest BCUT2D eigenvalue weighted by atomic mass is 19.1. The predicted molar refractivity (Wildman–Crippen MR) is 110 cm³/mol. The minimum atomic E-state index is -0.641. The summed E-state index contributed by atoms with van der Waals surface area (Å²) in [6.45, 7) is 0.769. The number of halogens is 2. The van der Waals surface area contributed by atoms with Crippen LogP contribution in [-0.2, 0) is 11.3 Å². The van der Waals surface area contributed by atoms with Crippen LogP contribution < -0.4 is 0 Å². The van der Waals surface area contributed by atoms with Gasteiger partial charge in [-0.05, 0) is 60.4 Å². The lowest BCUT2D eigenvalue weighted by Crippen LogP contribution is -2.35. The Morgan fingerprint density at radius 3 is 2.71 bits per heavy atom. The molecule has 2 atom stereocenters. The summed E-state index contributed by atoms with van der Waals surface area (Å²) < 4.78 is 29.4. The Balaban J connectivity index is 1.19. The Bertz CT molecular complexity index is 1160. The number of pyridine rings is 1. The van der Waals surface area contributed by atoms with Gasteiger partial charge in [0.25, 0.3) is 0 Å². The van der Waals surface area contributed by atoms with Gasteiger partial charge in [0.2, 0.25) is 5.91 Å². The van der Waals surface area contributed by atoms with E-state index >= 15 is 0 Å². The third kappa shape index (κ3) is 3.04. The molecule has 158 valence electrons. The van der Waals surface area contributed by atoms with Crippen LogP contribution in [0.15, 0.2) is 47.8 Å². The van der Waals surface area contributed by atoms with Crippen LogP contribution in [0.2, 0.25) is 0 Å². The summed E-state index contributed by atoms with van der Waals surface area (Å²) in [5.74, 6) is -1.11. The van der Waals surface area contributed by atoms with Crippen molar-refractivity contribution < 1.29 is 13.6 Å². The smallest absolute Gasteiger partial charge is 0.246 e. The number of carbonyl (C=O) groups is 1. The van der Waals surface area contributed by atoms with E-state index in [2.05, 4.69) is 15.2 Å². The van der Waals surface area contributed by atoms with Crippen molar-refractivity contribution in [1.82, 2.24) is 19.8 Å². The Kier molecular flexibility index (Phi) is 4.00. The molecule has 2 bridgehead atoms. The fourth-order valence-electron chi connectivity index (χ4n) is 5.79. The number of benzene rings is 1. The molecule has 2 unspecified atom stereocenters. The van der Waals surface area contributed by atoms with Gasteiger partial charge in [0.1, 0.15) is 22.7 Å². The molecule has 3 aliphatic carbocycles. The van der Waals surface area contributed by atoms with Crippen LogP contribution in [0.4, 0.5) is 8.78 Å². The average Bonchev–Trinajstić information content (AvgIpc) is 3.47. The van der Waals surface area contributed by atoms with Gasteiger partial charge in [-0.3, -0.25) is 14.5 Å². The van der Waals surface area contributed by atoms with Crippen molar-refractivity contribution in [3.63, 3.8) is 0 Å². The highest BCUT2D eigenvalue weighted by molar-refractivity contribution is 5.83. The van der Waals surface area contributed by atoms with E-state index in [-0.39, 0.29) is 17.2 Å². The summed E-state index contributed by atoms with van der Waals surface area (Å²) in [5.41, 5.74) is 2.25. The first kappa shape index (κ1) is 18.6. The third-order valence-electron chi connectivity index (χ3n) is 7.08. The van der Waals surface area contributed by atoms with Gasteiger partial charge in [-0.2, -0.15) is 10.2 Å². The largest absolute Gasteiger partial charge is 0.273 e. The lowest BCUT2D eigenvalue weighted by Gasteiger charge is -2.38. The van der Waals surface area contributed by atoms with Crippen molar-refractivity contribution in [2.75, 3.05) is 0 Å². The number of aromatic nitrogens is 3. The topological polar surface area (TPSA) is 63.4 Å². The molecule has 3 fully saturated rings. The van der Waals surface area contributed by atoms with Gasteiger partial charge in [-0.1, -0.05) is 0 Å². The lowest BCUT2D eigenvalue weighted by molar-refractivity contribution is -0.138. The first-order valence-electron chi connectivity index (χ1n) is 10.6. The molecule has 0 spiro atoms. The molecular weight excluding hydrogens is 400 g/mol. The summed E-state index contributed by atoms with van der Waals surface area (Å²) in [5, 5.41) is 10.3. The van der Waals surface area contributed by atoms with E-state index in [0.29, 0.717) is 17.9 Å². The number of carbonyl (C=O) groups excluding carboxylic acids is 1. The zero-order valence-electron chi connectivity index (χ0n) is 16.8. The first-order valence-corrected chi connectivity index (χ1v) is 10.6. The summed E-state index contributed by atoms with van der Waals surface area (Å²) in [7, 11) is 0. The molecule has 0 saturated heterocycles. The fourth-order valence-corrected chi connectivity index (χ4v) is 5.79. The van der Waals surface area contributed by atoms with Crippen molar-refractivity contribution in [2.45, 2.75) is 38.3 Å². The molecule has 1 aliphatic heterocycles. The van der Waals surface area contributed by atoms with Gasteiger partial charge in [0.05, 0.1) is 12.2 Å².